The van der Waals surface area contributed by atoms with Gasteiger partial charge in [-0.3, -0.25) is 4.79 Å². The molecule has 1 rings (SSSR count). The van der Waals surface area contributed by atoms with Gasteiger partial charge in [-0.15, -0.1) is 4.91 Å². The van der Waals surface area contributed by atoms with E-state index < -0.39 is 5.97 Å². The highest BCUT2D eigenvalue weighted by molar-refractivity contribution is 6.01. The Labute approximate surface area is 97.6 Å². The molecule has 0 aliphatic heterocycles. The number of hydrogen-bond donors (Lipinski definition) is 2. The SMILES string of the molecule is CC(C)C(=O)Nc1cc(N=O)ccc1C(=O)O. The quantitative estimate of drug-likeness (QED) is 0.784. The number of amides is 1. The third-order valence-electron chi connectivity index (χ3n) is 2.12. The van der Waals surface area contributed by atoms with Crippen LogP contribution >= 0.6 is 0 Å². The molecule has 0 unspecified atom stereocenters. The Bertz CT molecular complexity index is 469. The average Bonchev–Trinajstić information content (AvgIpc) is 2.28. The van der Waals surface area contributed by atoms with Crippen LogP contribution in [0.1, 0.15) is 24.2 Å². The monoisotopic (exact) mass is 236 g/mol. The Morgan fingerprint density at radius 2 is 2.00 bits per heavy atom. The number of anilines is 1. The number of aromatic carboxylic acids is 1. The lowest BCUT2D eigenvalue weighted by Crippen LogP contribution is -2.19. The highest BCUT2D eigenvalue weighted by Gasteiger charge is 2.15. The standard InChI is InChI=1S/C11H12N2O4/c1-6(2)10(14)12-9-5-7(13-17)3-4-8(9)11(15)16/h3-6H,1-2H3,(H,12,14)(H,15,16). The van der Waals surface area contributed by atoms with Crippen molar-refractivity contribution in [3.05, 3.63) is 28.7 Å². The summed E-state index contributed by atoms with van der Waals surface area (Å²) in [6, 6.07) is 3.74. The predicted octanol–water partition coefficient (Wildman–Crippen LogP) is 2.38. The van der Waals surface area contributed by atoms with Gasteiger partial charge in [0.15, 0.2) is 0 Å². The molecule has 0 saturated heterocycles. The van der Waals surface area contributed by atoms with E-state index in [1.807, 2.05) is 0 Å². The Kier molecular flexibility index (Phi) is 3.92. The van der Waals surface area contributed by atoms with Crippen LogP contribution in [0, 0.1) is 10.8 Å². The van der Waals surface area contributed by atoms with Crippen molar-refractivity contribution in [1.29, 1.82) is 0 Å². The first-order valence-corrected chi connectivity index (χ1v) is 4.97. The number of carboxylic acids is 1. The maximum atomic E-state index is 11.5. The number of carboxylic acid groups (broad SMARTS) is 1. The zero-order valence-electron chi connectivity index (χ0n) is 9.43. The van der Waals surface area contributed by atoms with Crippen molar-refractivity contribution in [2.24, 2.45) is 11.1 Å². The van der Waals surface area contributed by atoms with E-state index in [2.05, 4.69) is 10.5 Å². The van der Waals surface area contributed by atoms with Crippen LogP contribution in [-0.2, 0) is 4.79 Å². The first-order chi connectivity index (χ1) is 7.95. The normalized spacial score (nSPS) is 10.1. The lowest BCUT2D eigenvalue weighted by molar-refractivity contribution is -0.118. The second-order valence-electron chi connectivity index (χ2n) is 3.77. The topological polar surface area (TPSA) is 95.8 Å². The molecule has 0 fully saturated rings. The van der Waals surface area contributed by atoms with E-state index in [9.17, 15) is 14.5 Å². The van der Waals surface area contributed by atoms with Crippen LogP contribution in [0.5, 0.6) is 0 Å². The number of nitrogens with one attached hydrogen (secondary N) is 1. The van der Waals surface area contributed by atoms with Crippen LogP contribution < -0.4 is 5.32 Å². The summed E-state index contributed by atoms with van der Waals surface area (Å²) in [5, 5.41) is 14.1. The minimum atomic E-state index is -1.18. The Morgan fingerprint density at radius 1 is 1.35 bits per heavy atom. The molecule has 0 radical (unpaired) electrons. The highest BCUT2D eigenvalue weighted by Crippen LogP contribution is 2.23. The highest BCUT2D eigenvalue weighted by atomic mass is 16.4. The summed E-state index contributed by atoms with van der Waals surface area (Å²) in [6.45, 7) is 3.36. The molecule has 0 bridgehead atoms. The fourth-order valence-electron chi connectivity index (χ4n) is 1.16. The second kappa shape index (κ2) is 5.20. The molecular formula is C11H12N2O4. The summed E-state index contributed by atoms with van der Waals surface area (Å²) in [5.41, 5.74) is 0.0637. The second-order valence-corrected chi connectivity index (χ2v) is 3.77. The Morgan fingerprint density at radius 3 is 2.47 bits per heavy atom. The van der Waals surface area contributed by atoms with Gasteiger partial charge in [-0.25, -0.2) is 4.79 Å². The minimum absolute atomic E-state index is 0.0639. The van der Waals surface area contributed by atoms with Crippen molar-refractivity contribution >= 4 is 23.3 Å². The van der Waals surface area contributed by atoms with E-state index in [0.29, 0.717) is 0 Å². The van der Waals surface area contributed by atoms with Crippen LogP contribution in [-0.4, -0.2) is 17.0 Å². The fourth-order valence-corrected chi connectivity index (χ4v) is 1.16. The molecule has 0 aromatic heterocycles. The number of nitrogens with zero attached hydrogens (tertiary/aromatic N) is 1. The van der Waals surface area contributed by atoms with Crippen LogP contribution in [0.3, 0.4) is 0 Å². The van der Waals surface area contributed by atoms with Crippen molar-refractivity contribution in [1.82, 2.24) is 0 Å². The predicted molar refractivity (Wildman–Crippen MR) is 62.3 cm³/mol. The van der Waals surface area contributed by atoms with Gasteiger partial charge in [0, 0.05) is 5.92 Å². The van der Waals surface area contributed by atoms with E-state index >= 15 is 0 Å². The molecule has 0 aliphatic carbocycles. The molecule has 0 saturated carbocycles. The van der Waals surface area contributed by atoms with Gasteiger partial charge in [0.1, 0.15) is 5.69 Å². The van der Waals surface area contributed by atoms with Crippen LogP contribution in [0.15, 0.2) is 23.4 Å². The fraction of sp³-hybridized carbons (Fsp3) is 0.273. The van der Waals surface area contributed by atoms with Gasteiger partial charge in [0.2, 0.25) is 5.91 Å². The zero-order valence-corrected chi connectivity index (χ0v) is 9.43. The zero-order chi connectivity index (χ0) is 13.0. The molecule has 0 aliphatic rings. The molecule has 1 aromatic carbocycles. The third-order valence-corrected chi connectivity index (χ3v) is 2.12. The summed E-state index contributed by atoms with van der Waals surface area (Å²) in [5.74, 6) is -1.79. The number of rotatable bonds is 4. The van der Waals surface area contributed by atoms with Gasteiger partial charge in [-0.05, 0) is 23.4 Å². The van der Waals surface area contributed by atoms with Gasteiger partial charge in [-0.1, -0.05) is 13.8 Å². The van der Waals surface area contributed by atoms with Crippen LogP contribution in [0.25, 0.3) is 0 Å². The molecule has 1 amide bonds. The summed E-state index contributed by atoms with van der Waals surface area (Å²) < 4.78 is 0. The molecule has 6 heteroatoms. The van der Waals surface area contributed by atoms with E-state index in [1.54, 1.807) is 13.8 Å². The van der Waals surface area contributed by atoms with E-state index in [0.717, 1.165) is 0 Å². The molecule has 17 heavy (non-hydrogen) atoms. The van der Waals surface area contributed by atoms with Gasteiger partial charge < -0.3 is 10.4 Å². The lowest BCUT2D eigenvalue weighted by Gasteiger charge is -2.10. The first kappa shape index (κ1) is 12.8. The lowest BCUT2D eigenvalue weighted by atomic mass is 10.1. The van der Waals surface area contributed by atoms with Crippen molar-refractivity contribution in [2.45, 2.75) is 13.8 Å². The van der Waals surface area contributed by atoms with Crippen molar-refractivity contribution in [3.8, 4) is 0 Å². The van der Waals surface area contributed by atoms with Gasteiger partial charge >= 0.3 is 5.97 Å². The number of benzene rings is 1. The van der Waals surface area contributed by atoms with Crippen molar-refractivity contribution in [3.63, 3.8) is 0 Å². The molecule has 6 nitrogen and oxygen atoms in total. The molecule has 0 heterocycles. The van der Waals surface area contributed by atoms with E-state index in [1.165, 1.54) is 18.2 Å². The summed E-state index contributed by atoms with van der Waals surface area (Å²) in [6.07, 6.45) is 0. The van der Waals surface area contributed by atoms with Crippen molar-refractivity contribution < 1.29 is 14.7 Å². The number of nitroso groups, excluding NO2 is 1. The number of carbonyl (C=O) groups is 2. The Hall–Kier alpha value is -2.24. The largest absolute Gasteiger partial charge is 0.478 e. The summed E-state index contributed by atoms with van der Waals surface area (Å²) in [4.78, 5) is 32.7. The summed E-state index contributed by atoms with van der Waals surface area (Å²) in [7, 11) is 0. The molecule has 0 atom stereocenters. The molecule has 0 spiro atoms. The van der Waals surface area contributed by atoms with Gasteiger partial charge in [-0.2, -0.15) is 0 Å². The van der Waals surface area contributed by atoms with Crippen LogP contribution in [0.2, 0.25) is 0 Å². The minimum Gasteiger partial charge on any atom is -0.478 e. The number of hydrogen-bond acceptors (Lipinski definition) is 4. The number of carbonyl (C=O) groups excluding carboxylic acids is 1. The van der Waals surface area contributed by atoms with Crippen LogP contribution in [0.4, 0.5) is 11.4 Å². The van der Waals surface area contributed by atoms with E-state index in [-0.39, 0.29) is 28.8 Å². The maximum Gasteiger partial charge on any atom is 0.337 e. The third kappa shape index (κ3) is 3.10. The molecular weight excluding hydrogens is 224 g/mol. The Balaban J connectivity index is 3.13. The van der Waals surface area contributed by atoms with Crippen molar-refractivity contribution in [2.75, 3.05) is 5.32 Å². The average molecular weight is 236 g/mol. The molecule has 90 valence electrons. The first-order valence-electron chi connectivity index (χ1n) is 4.97. The molecule has 2 N–H and O–H groups in total. The smallest absolute Gasteiger partial charge is 0.337 e. The summed E-state index contributed by atoms with van der Waals surface area (Å²) >= 11 is 0. The van der Waals surface area contributed by atoms with Gasteiger partial charge in [0.25, 0.3) is 0 Å². The van der Waals surface area contributed by atoms with Gasteiger partial charge in [0.05, 0.1) is 11.3 Å². The van der Waals surface area contributed by atoms with E-state index in [4.69, 9.17) is 5.11 Å². The maximum absolute atomic E-state index is 11.5. The molecule has 1 aromatic rings.